The molecule has 0 amide bonds. The van der Waals surface area contributed by atoms with Gasteiger partial charge in [0.05, 0.1) is 33.1 Å². The van der Waals surface area contributed by atoms with E-state index in [1.807, 2.05) is 0 Å². The van der Waals surface area contributed by atoms with Crippen molar-refractivity contribution in [2.75, 3.05) is 23.9 Å². The summed E-state index contributed by atoms with van der Waals surface area (Å²) in [6.45, 7) is 0. The van der Waals surface area contributed by atoms with Gasteiger partial charge in [-0.25, -0.2) is 0 Å². The Balaban J connectivity index is 0.981. The van der Waals surface area contributed by atoms with Gasteiger partial charge in [0.15, 0.2) is 0 Å². The highest BCUT2D eigenvalue weighted by Gasteiger charge is 2.19. The molecule has 3 heterocycles. The van der Waals surface area contributed by atoms with E-state index in [0.717, 1.165) is 39.8 Å². The van der Waals surface area contributed by atoms with Crippen molar-refractivity contribution in [1.29, 1.82) is 0 Å². The lowest BCUT2D eigenvalue weighted by atomic mass is 10.1. The van der Waals surface area contributed by atoms with Crippen molar-refractivity contribution in [2.45, 2.75) is 0 Å². The van der Waals surface area contributed by atoms with Gasteiger partial charge in [0.2, 0.25) is 0 Å². The molecule has 0 saturated heterocycles. The second-order valence-electron chi connectivity index (χ2n) is 16.0. The monoisotopic (exact) mass is 783 g/mol. The highest BCUT2D eigenvalue weighted by molar-refractivity contribution is 6.14. The van der Waals surface area contributed by atoms with Crippen molar-refractivity contribution in [3.63, 3.8) is 0 Å². The molecule has 0 spiro atoms. The molecule has 3 aromatic heterocycles. The van der Waals surface area contributed by atoms with Gasteiger partial charge in [0.25, 0.3) is 0 Å². The highest BCUT2D eigenvalue weighted by Crippen LogP contribution is 2.41. The largest absolute Gasteiger partial charge is 0.345 e. The van der Waals surface area contributed by atoms with Crippen LogP contribution < -0.4 is 9.80 Å². The van der Waals surface area contributed by atoms with Crippen molar-refractivity contribution in [1.82, 2.24) is 13.7 Å². The fourth-order valence-electron chi connectivity index (χ4n) is 9.62. The fourth-order valence-corrected chi connectivity index (χ4v) is 9.62. The van der Waals surface area contributed by atoms with Crippen molar-refractivity contribution in [2.24, 2.45) is 0 Å². The number of aromatic nitrogens is 3. The van der Waals surface area contributed by atoms with Gasteiger partial charge in [-0.3, -0.25) is 0 Å². The summed E-state index contributed by atoms with van der Waals surface area (Å²) < 4.78 is 7.14. The molecule has 0 aliphatic carbocycles. The summed E-state index contributed by atoms with van der Waals surface area (Å²) in [6.07, 6.45) is 0. The lowest BCUT2D eigenvalue weighted by molar-refractivity contribution is 1.17. The van der Waals surface area contributed by atoms with Gasteiger partial charge < -0.3 is 23.5 Å². The van der Waals surface area contributed by atoms with Gasteiger partial charge in [0.1, 0.15) is 0 Å². The van der Waals surface area contributed by atoms with E-state index in [1.165, 1.54) is 65.4 Å². The Morgan fingerprint density at radius 3 is 0.803 bits per heavy atom. The maximum absolute atomic E-state index is 2.40. The number of para-hydroxylation sites is 5. The molecule has 12 rings (SSSR count). The third-order valence-electron chi connectivity index (χ3n) is 12.6. The number of hydrogen-bond acceptors (Lipinski definition) is 2. The first-order valence-electron chi connectivity index (χ1n) is 20.9. The van der Waals surface area contributed by atoms with Gasteiger partial charge in [0, 0.05) is 86.2 Å². The number of benzene rings is 9. The topological polar surface area (TPSA) is 21.3 Å². The Morgan fingerprint density at radius 1 is 0.246 bits per heavy atom. The molecule has 12 aromatic rings. The van der Waals surface area contributed by atoms with Gasteiger partial charge in [-0.1, -0.05) is 91.0 Å². The normalized spacial score (nSPS) is 11.8. The second kappa shape index (κ2) is 13.8. The summed E-state index contributed by atoms with van der Waals surface area (Å²) in [5.74, 6) is 0. The van der Waals surface area contributed by atoms with Crippen molar-refractivity contribution >= 4 is 88.2 Å². The standard InChI is InChI=1S/C56H41N5/c1-57(41-26-30-53-47(34-41)45-22-12-14-24-51(45)59(53)38-16-6-3-7-17-38)43-28-32-55-49(36-43)50-37-44(29-33-56(50)61(55)40-20-10-5-11-21-40)58(2)42-27-31-54-48(35-42)46-23-13-15-25-52(46)60(54)39-18-8-4-9-19-39/h3-37H,1-2H3. The molecular weight excluding hydrogens is 743 g/mol. The molecule has 0 radical (unpaired) electrons. The van der Waals surface area contributed by atoms with Crippen LogP contribution in [0, 0.1) is 0 Å². The van der Waals surface area contributed by atoms with Gasteiger partial charge in [-0.05, 0) is 121 Å². The molecule has 290 valence electrons. The maximum Gasteiger partial charge on any atom is 0.0542 e. The summed E-state index contributed by atoms with van der Waals surface area (Å²) in [6, 6.07) is 77.0. The molecule has 0 bridgehead atoms. The molecule has 5 heteroatoms. The van der Waals surface area contributed by atoms with E-state index in [0.29, 0.717) is 0 Å². The first kappa shape index (κ1) is 35.0. The van der Waals surface area contributed by atoms with E-state index in [2.05, 4.69) is 250 Å². The quantitative estimate of drug-likeness (QED) is 0.161. The molecule has 0 aliphatic heterocycles. The van der Waals surface area contributed by atoms with Crippen LogP contribution >= 0.6 is 0 Å². The van der Waals surface area contributed by atoms with E-state index >= 15 is 0 Å². The van der Waals surface area contributed by atoms with E-state index in [1.54, 1.807) is 0 Å². The minimum atomic E-state index is 1.13. The van der Waals surface area contributed by atoms with E-state index in [-0.39, 0.29) is 0 Å². The summed E-state index contributed by atoms with van der Waals surface area (Å²) in [5.41, 5.74) is 15.2. The zero-order valence-electron chi connectivity index (χ0n) is 33.9. The number of rotatable bonds is 7. The molecule has 0 atom stereocenters. The Hall–Kier alpha value is -8.02. The molecule has 0 N–H and O–H groups in total. The van der Waals surface area contributed by atoms with Crippen molar-refractivity contribution in [3.8, 4) is 17.1 Å². The average Bonchev–Trinajstić information content (AvgIpc) is 3.96. The van der Waals surface area contributed by atoms with Crippen LogP contribution in [-0.4, -0.2) is 27.8 Å². The number of hydrogen-bond donors (Lipinski definition) is 0. The second-order valence-corrected chi connectivity index (χ2v) is 16.0. The van der Waals surface area contributed by atoms with Crippen LogP contribution in [0.4, 0.5) is 22.7 Å². The predicted molar refractivity (Wildman–Crippen MR) is 258 cm³/mol. The smallest absolute Gasteiger partial charge is 0.0542 e. The van der Waals surface area contributed by atoms with Crippen molar-refractivity contribution < 1.29 is 0 Å². The predicted octanol–water partition coefficient (Wildman–Crippen LogP) is 14.5. The molecule has 61 heavy (non-hydrogen) atoms. The van der Waals surface area contributed by atoms with Crippen LogP contribution in [0.15, 0.2) is 212 Å². The minimum Gasteiger partial charge on any atom is -0.345 e. The van der Waals surface area contributed by atoms with Crippen LogP contribution in [0.25, 0.3) is 82.5 Å². The molecule has 0 aliphatic rings. The minimum absolute atomic E-state index is 1.13. The molecule has 0 fully saturated rings. The van der Waals surface area contributed by atoms with Gasteiger partial charge >= 0.3 is 0 Å². The van der Waals surface area contributed by atoms with Crippen molar-refractivity contribution in [3.05, 3.63) is 212 Å². The van der Waals surface area contributed by atoms with Gasteiger partial charge in [-0.2, -0.15) is 0 Å². The maximum atomic E-state index is 2.40. The zero-order chi connectivity index (χ0) is 40.6. The lowest BCUT2D eigenvalue weighted by Gasteiger charge is -2.21. The Morgan fingerprint density at radius 2 is 0.492 bits per heavy atom. The summed E-state index contributed by atoms with van der Waals surface area (Å²) >= 11 is 0. The number of anilines is 4. The highest BCUT2D eigenvalue weighted by atomic mass is 15.1. The zero-order valence-corrected chi connectivity index (χ0v) is 33.9. The number of fused-ring (bicyclic) bond motifs is 9. The van der Waals surface area contributed by atoms with E-state index in [4.69, 9.17) is 0 Å². The Labute approximate surface area is 353 Å². The van der Waals surface area contributed by atoms with Crippen LogP contribution in [-0.2, 0) is 0 Å². The Bertz CT molecular complexity index is 3390. The Kier molecular flexibility index (Phi) is 7.91. The van der Waals surface area contributed by atoms with Gasteiger partial charge in [-0.15, -0.1) is 0 Å². The SMILES string of the molecule is CN(c1ccc2c(c1)c1ccccc1n2-c1ccccc1)c1ccc2c(c1)c1cc(N(C)c3ccc4c(c3)c3ccccc3n4-c3ccccc3)ccc1n2-c1ccccc1. The molecule has 5 nitrogen and oxygen atoms in total. The lowest BCUT2D eigenvalue weighted by Crippen LogP contribution is -2.09. The van der Waals surface area contributed by atoms with Crippen LogP contribution in [0.3, 0.4) is 0 Å². The molecular formula is C56H41N5. The first-order chi connectivity index (χ1) is 30.1. The van der Waals surface area contributed by atoms with E-state index in [9.17, 15) is 0 Å². The van der Waals surface area contributed by atoms with Crippen LogP contribution in [0.1, 0.15) is 0 Å². The van der Waals surface area contributed by atoms with Crippen LogP contribution in [0.5, 0.6) is 0 Å². The first-order valence-corrected chi connectivity index (χ1v) is 20.9. The number of nitrogens with zero attached hydrogens (tertiary/aromatic N) is 5. The summed E-state index contributed by atoms with van der Waals surface area (Å²) in [4.78, 5) is 4.63. The molecule has 0 unspecified atom stereocenters. The molecule has 0 saturated carbocycles. The van der Waals surface area contributed by atoms with Crippen LogP contribution in [0.2, 0.25) is 0 Å². The summed E-state index contributed by atoms with van der Waals surface area (Å²) in [5, 5.41) is 7.39. The average molecular weight is 784 g/mol. The fraction of sp³-hybridized carbons (Fsp3) is 0.0357. The summed E-state index contributed by atoms with van der Waals surface area (Å²) in [7, 11) is 4.36. The van der Waals surface area contributed by atoms with E-state index < -0.39 is 0 Å². The third kappa shape index (κ3) is 5.48. The molecule has 9 aromatic carbocycles. The third-order valence-corrected chi connectivity index (χ3v) is 12.6.